The molecule has 22 heavy (non-hydrogen) atoms. The molecule has 1 amide bonds. The van der Waals surface area contributed by atoms with Gasteiger partial charge in [0.1, 0.15) is 0 Å². The predicted molar refractivity (Wildman–Crippen MR) is 95.3 cm³/mol. The van der Waals surface area contributed by atoms with E-state index in [4.69, 9.17) is 0 Å². The van der Waals surface area contributed by atoms with Gasteiger partial charge in [0, 0.05) is 16.2 Å². The molecule has 2 rings (SSSR count). The maximum atomic E-state index is 12.4. The van der Waals surface area contributed by atoms with Gasteiger partial charge in [-0.25, -0.2) is 0 Å². The average molecular weight is 368 g/mol. The van der Waals surface area contributed by atoms with E-state index < -0.39 is 0 Å². The Kier molecular flexibility index (Phi) is 6.86. The number of halogens is 1. The lowest BCUT2D eigenvalue weighted by molar-refractivity contribution is -0.118. The highest BCUT2D eigenvalue weighted by atomic mass is 79.9. The van der Waals surface area contributed by atoms with Crippen molar-refractivity contribution < 1.29 is 4.79 Å². The van der Waals surface area contributed by atoms with Gasteiger partial charge in [-0.15, -0.1) is 0 Å². The summed E-state index contributed by atoms with van der Waals surface area (Å²) < 4.78 is 1.03. The van der Waals surface area contributed by atoms with Gasteiger partial charge < -0.3 is 10.6 Å². The number of rotatable bonds is 6. The molecule has 5 heteroatoms. The van der Waals surface area contributed by atoms with Crippen LogP contribution in [0, 0.1) is 6.92 Å². The molecule has 1 aromatic rings. The first-order valence-electron chi connectivity index (χ1n) is 8.11. The first-order valence-corrected chi connectivity index (χ1v) is 8.90. The molecule has 0 bridgehead atoms. The largest absolute Gasteiger partial charge is 0.325 e. The molecule has 1 aliphatic heterocycles. The SMILES string of the molecule is CCCN(CC(=O)Nc1ccc(Br)cc1C)C1CCNCC1. The van der Waals surface area contributed by atoms with Gasteiger partial charge in [-0.1, -0.05) is 22.9 Å². The molecule has 0 radical (unpaired) electrons. The molecule has 4 nitrogen and oxygen atoms in total. The Bertz CT molecular complexity index is 501. The third kappa shape index (κ3) is 5.07. The van der Waals surface area contributed by atoms with Crippen LogP contribution in [0.15, 0.2) is 22.7 Å². The third-order valence-electron chi connectivity index (χ3n) is 4.15. The maximum Gasteiger partial charge on any atom is 0.238 e. The fraction of sp³-hybridized carbons (Fsp3) is 0.588. The molecule has 0 saturated carbocycles. The number of nitrogens with zero attached hydrogens (tertiary/aromatic N) is 1. The number of amides is 1. The molecule has 0 atom stereocenters. The number of piperidine rings is 1. The molecular formula is C17H26BrN3O. The van der Waals surface area contributed by atoms with Crippen molar-refractivity contribution in [3.05, 3.63) is 28.2 Å². The van der Waals surface area contributed by atoms with Crippen LogP contribution in [-0.2, 0) is 4.79 Å². The van der Waals surface area contributed by atoms with Gasteiger partial charge in [0.15, 0.2) is 0 Å². The van der Waals surface area contributed by atoms with Crippen LogP contribution in [0.2, 0.25) is 0 Å². The maximum absolute atomic E-state index is 12.4. The van der Waals surface area contributed by atoms with Gasteiger partial charge in [-0.2, -0.15) is 0 Å². The van der Waals surface area contributed by atoms with Gasteiger partial charge >= 0.3 is 0 Å². The van der Waals surface area contributed by atoms with Gasteiger partial charge in [0.05, 0.1) is 6.54 Å². The highest BCUT2D eigenvalue weighted by Gasteiger charge is 2.22. The summed E-state index contributed by atoms with van der Waals surface area (Å²) in [5.41, 5.74) is 1.97. The van der Waals surface area contributed by atoms with Crippen molar-refractivity contribution in [2.45, 2.75) is 39.2 Å². The molecule has 0 spiro atoms. The summed E-state index contributed by atoms with van der Waals surface area (Å²) in [7, 11) is 0. The minimum Gasteiger partial charge on any atom is -0.325 e. The highest BCUT2D eigenvalue weighted by molar-refractivity contribution is 9.10. The fourth-order valence-electron chi connectivity index (χ4n) is 2.99. The number of aryl methyl sites for hydroxylation is 1. The Balaban J connectivity index is 1.95. The summed E-state index contributed by atoms with van der Waals surface area (Å²) in [6, 6.07) is 6.45. The zero-order valence-corrected chi connectivity index (χ0v) is 15.1. The Labute approximate surface area is 141 Å². The first kappa shape index (κ1) is 17.4. The van der Waals surface area contributed by atoms with E-state index in [0.717, 1.165) is 54.6 Å². The van der Waals surface area contributed by atoms with Crippen molar-refractivity contribution in [3.63, 3.8) is 0 Å². The van der Waals surface area contributed by atoms with E-state index in [2.05, 4.69) is 38.4 Å². The molecule has 0 aliphatic carbocycles. The van der Waals surface area contributed by atoms with Crippen LogP contribution < -0.4 is 10.6 Å². The van der Waals surface area contributed by atoms with Crippen LogP contribution >= 0.6 is 15.9 Å². The molecule has 2 N–H and O–H groups in total. The Morgan fingerprint density at radius 3 is 2.77 bits per heavy atom. The molecule has 122 valence electrons. The van der Waals surface area contributed by atoms with Crippen molar-refractivity contribution in [2.75, 3.05) is 31.5 Å². The second-order valence-corrected chi connectivity index (χ2v) is 6.87. The van der Waals surface area contributed by atoms with Crippen LogP contribution in [0.1, 0.15) is 31.7 Å². The molecular weight excluding hydrogens is 342 g/mol. The molecule has 1 heterocycles. The van der Waals surface area contributed by atoms with Crippen molar-refractivity contribution in [1.82, 2.24) is 10.2 Å². The molecule has 1 aromatic carbocycles. The van der Waals surface area contributed by atoms with Gasteiger partial charge in [0.2, 0.25) is 5.91 Å². The lowest BCUT2D eigenvalue weighted by atomic mass is 10.0. The number of hydrogen-bond donors (Lipinski definition) is 2. The highest BCUT2D eigenvalue weighted by Crippen LogP contribution is 2.20. The van der Waals surface area contributed by atoms with E-state index in [0.29, 0.717) is 12.6 Å². The van der Waals surface area contributed by atoms with Crippen LogP contribution in [0.25, 0.3) is 0 Å². The third-order valence-corrected chi connectivity index (χ3v) is 4.64. The molecule has 1 fully saturated rings. The van der Waals surface area contributed by atoms with Gasteiger partial charge in [0.25, 0.3) is 0 Å². The van der Waals surface area contributed by atoms with E-state index in [9.17, 15) is 4.79 Å². The van der Waals surface area contributed by atoms with Crippen molar-refractivity contribution >= 4 is 27.5 Å². The number of anilines is 1. The van der Waals surface area contributed by atoms with Gasteiger partial charge in [-0.3, -0.25) is 9.69 Å². The van der Waals surface area contributed by atoms with E-state index in [-0.39, 0.29) is 5.91 Å². The van der Waals surface area contributed by atoms with E-state index in [1.165, 1.54) is 0 Å². The summed E-state index contributed by atoms with van der Waals surface area (Å²) in [6.45, 7) is 7.75. The summed E-state index contributed by atoms with van der Waals surface area (Å²) in [6.07, 6.45) is 3.34. The lowest BCUT2D eigenvalue weighted by Crippen LogP contribution is -2.46. The minimum atomic E-state index is 0.0809. The fourth-order valence-corrected chi connectivity index (χ4v) is 3.47. The molecule has 1 saturated heterocycles. The average Bonchev–Trinajstić information content (AvgIpc) is 2.50. The standard InChI is InChI=1S/C17H26BrN3O/c1-3-10-21(15-6-8-19-9-7-15)12-17(22)20-16-5-4-14(18)11-13(16)2/h4-5,11,15,19H,3,6-10,12H2,1-2H3,(H,20,22). The Hall–Kier alpha value is -0.910. The van der Waals surface area contributed by atoms with Crippen molar-refractivity contribution in [2.24, 2.45) is 0 Å². The van der Waals surface area contributed by atoms with Gasteiger partial charge in [-0.05, 0) is 69.6 Å². The number of benzene rings is 1. The zero-order valence-electron chi connectivity index (χ0n) is 13.5. The number of carbonyl (C=O) groups excluding carboxylic acids is 1. The van der Waals surface area contributed by atoms with Crippen LogP contribution in [0.3, 0.4) is 0 Å². The summed E-state index contributed by atoms with van der Waals surface area (Å²) in [5, 5.41) is 6.43. The summed E-state index contributed by atoms with van der Waals surface area (Å²) in [4.78, 5) is 14.7. The number of nitrogens with one attached hydrogen (secondary N) is 2. The topological polar surface area (TPSA) is 44.4 Å². The van der Waals surface area contributed by atoms with Crippen LogP contribution in [0.5, 0.6) is 0 Å². The molecule has 0 aromatic heterocycles. The normalized spacial score (nSPS) is 16.0. The Morgan fingerprint density at radius 2 is 2.14 bits per heavy atom. The van der Waals surface area contributed by atoms with E-state index >= 15 is 0 Å². The smallest absolute Gasteiger partial charge is 0.238 e. The minimum absolute atomic E-state index is 0.0809. The lowest BCUT2D eigenvalue weighted by Gasteiger charge is -2.34. The second kappa shape index (κ2) is 8.65. The quantitative estimate of drug-likeness (QED) is 0.811. The van der Waals surface area contributed by atoms with Crippen molar-refractivity contribution in [3.8, 4) is 0 Å². The number of hydrogen-bond acceptors (Lipinski definition) is 3. The second-order valence-electron chi connectivity index (χ2n) is 5.96. The zero-order chi connectivity index (χ0) is 15.9. The van der Waals surface area contributed by atoms with E-state index in [1.54, 1.807) is 0 Å². The van der Waals surface area contributed by atoms with E-state index in [1.807, 2.05) is 25.1 Å². The molecule has 1 aliphatic rings. The molecule has 0 unspecified atom stereocenters. The summed E-state index contributed by atoms with van der Waals surface area (Å²) >= 11 is 3.45. The first-order chi connectivity index (χ1) is 10.6. The van der Waals surface area contributed by atoms with Crippen LogP contribution in [0.4, 0.5) is 5.69 Å². The monoisotopic (exact) mass is 367 g/mol. The Morgan fingerprint density at radius 1 is 1.41 bits per heavy atom. The predicted octanol–water partition coefficient (Wildman–Crippen LogP) is 3.16. The van der Waals surface area contributed by atoms with Crippen LogP contribution in [-0.4, -0.2) is 43.0 Å². The summed E-state index contributed by atoms with van der Waals surface area (Å²) in [5.74, 6) is 0.0809. The number of carbonyl (C=O) groups is 1. The van der Waals surface area contributed by atoms with Crippen molar-refractivity contribution in [1.29, 1.82) is 0 Å².